The molecule has 0 radical (unpaired) electrons. The smallest absolute Gasteiger partial charge is 0.271 e. The number of aromatic nitrogens is 2. The van der Waals surface area contributed by atoms with Gasteiger partial charge in [-0.2, -0.15) is 11.8 Å². The molecule has 0 saturated heterocycles. The predicted octanol–water partition coefficient (Wildman–Crippen LogP) is 2.93. The van der Waals surface area contributed by atoms with E-state index in [-0.39, 0.29) is 22.4 Å². The van der Waals surface area contributed by atoms with Crippen LogP contribution >= 0.6 is 23.4 Å². The minimum absolute atomic E-state index is 0.158. The number of benzene rings is 1. The van der Waals surface area contributed by atoms with Gasteiger partial charge in [-0.25, -0.2) is 14.4 Å². The standard InChI is InChI=1S/C14H13ClFN3OS/c15-11-7-17-9-19-13(11)14(20)18-5-6-21-8-10-3-1-2-4-12(10)16/h1-4,7,9H,5-6,8H2,(H,18,20). The zero-order valence-corrected chi connectivity index (χ0v) is 12.6. The number of nitrogens with one attached hydrogen (secondary N) is 1. The topological polar surface area (TPSA) is 54.9 Å². The first-order valence-corrected chi connectivity index (χ1v) is 7.76. The Morgan fingerprint density at radius 1 is 1.38 bits per heavy atom. The molecule has 0 atom stereocenters. The first kappa shape index (κ1) is 15.7. The van der Waals surface area contributed by atoms with Gasteiger partial charge in [-0.05, 0) is 11.6 Å². The molecule has 2 aromatic rings. The van der Waals surface area contributed by atoms with E-state index in [0.29, 0.717) is 23.6 Å². The van der Waals surface area contributed by atoms with Crippen molar-refractivity contribution in [2.24, 2.45) is 0 Å². The molecule has 7 heteroatoms. The van der Waals surface area contributed by atoms with Crippen molar-refractivity contribution in [3.05, 3.63) is 58.9 Å². The molecule has 0 spiro atoms. The molecule has 0 aliphatic heterocycles. The van der Waals surface area contributed by atoms with Gasteiger partial charge in [0, 0.05) is 24.2 Å². The largest absolute Gasteiger partial charge is 0.350 e. The summed E-state index contributed by atoms with van der Waals surface area (Å²) in [5.41, 5.74) is 0.818. The van der Waals surface area contributed by atoms with Crippen LogP contribution in [0.5, 0.6) is 0 Å². The van der Waals surface area contributed by atoms with Crippen LogP contribution in [-0.4, -0.2) is 28.2 Å². The Morgan fingerprint density at radius 2 is 2.19 bits per heavy atom. The van der Waals surface area contributed by atoms with Crippen LogP contribution in [0.2, 0.25) is 5.02 Å². The van der Waals surface area contributed by atoms with Crippen LogP contribution in [0.4, 0.5) is 4.39 Å². The Labute approximate surface area is 131 Å². The van der Waals surface area contributed by atoms with Crippen molar-refractivity contribution in [3.8, 4) is 0 Å². The summed E-state index contributed by atoms with van der Waals surface area (Å²) in [5, 5.41) is 2.93. The number of halogens is 2. The fourth-order valence-electron chi connectivity index (χ4n) is 1.60. The molecule has 0 fully saturated rings. The van der Waals surface area contributed by atoms with E-state index in [0.717, 1.165) is 0 Å². The highest BCUT2D eigenvalue weighted by Gasteiger charge is 2.10. The lowest BCUT2D eigenvalue weighted by Gasteiger charge is -2.06. The second-order valence-electron chi connectivity index (χ2n) is 4.12. The van der Waals surface area contributed by atoms with Crippen LogP contribution in [0.3, 0.4) is 0 Å². The molecule has 0 saturated carbocycles. The highest BCUT2D eigenvalue weighted by atomic mass is 35.5. The molecule has 0 aliphatic carbocycles. The van der Waals surface area contributed by atoms with Gasteiger partial charge in [-0.1, -0.05) is 29.8 Å². The number of rotatable bonds is 6. The molecule has 1 aromatic heterocycles. The second kappa shape index (κ2) is 7.95. The van der Waals surface area contributed by atoms with Gasteiger partial charge in [0.15, 0.2) is 0 Å². The van der Waals surface area contributed by atoms with E-state index in [2.05, 4.69) is 15.3 Å². The third-order valence-corrected chi connectivity index (χ3v) is 3.91. The van der Waals surface area contributed by atoms with Crippen LogP contribution in [0, 0.1) is 5.82 Å². The van der Waals surface area contributed by atoms with Crippen molar-refractivity contribution in [2.75, 3.05) is 12.3 Å². The molecule has 0 bridgehead atoms. The van der Waals surface area contributed by atoms with Crippen molar-refractivity contribution in [1.29, 1.82) is 0 Å². The van der Waals surface area contributed by atoms with Crippen molar-refractivity contribution in [3.63, 3.8) is 0 Å². The van der Waals surface area contributed by atoms with Gasteiger partial charge < -0.3 is 5.32 Å². The molecular weight excluding hydrogens is 313 g/mol. The van der Waals surface area contributed by atoms with Crippen molar-refractivity contribution < 1.29 is 9.18 Å². The quantitative estimate of drug-likeness (QED) is 0.830. The lowest BCUT2D eigenvalue weighted by molar-refractivity contribution is 0.0951. The number of thioether (sulfide) groups is 1. The zero-order chi connectivity index (χ0) is 15.1. The fourth-order valence-corrected chi connectivity index (χ4v) is 2.63. The minimum Gasteiger partial charge on any atom is -0.350 e. The summed E-state index contributed by atoms with van der Waals surface area (Å²) in [6.45, 7) is 0.457. The summed E-state index contributed by atoms with van der Waals surface area (Å²) < 4.78 is 13.4. The van der Waals surface area contributed by atoms with E-state index in [9.17, 15) is 9.18 Å². The van der Waals surface area contributed by atoms with Gasteiger partial charge >= 0.3 is 0 Å². The average Bonchev–Trinajstić information content (AvgIpc) is 2.49. The Morgan fingerprint density at radius 3 is 2.95 bits per heavy atom. The maximum atomic E-state index is 13.4. The molecule has 1 N–H and O–H groups in total. The molecule has 1 aromatic carbocycles. The Kier molecular flexibility index (Phi) is 5.95. The maximum absolute atomic E-state index is 13.4. The number of hydrogen-bond donors (Lipinski definition) is 1. The highest BCUT2D eigenvalue weighted by Crippen LogP contribution is 2.15. The highest BCUT2D eigenvalue weighted by molar-refractivity contribution is 7.98. The van der Waals surface area contributed by atoms with Gasteiger partial charge in [-0.15, -0.1) is 0 Å². The van der Waals surface area contributed by atoms with Gasteiger partial charge in [0.1, 0.15) is 17.8 Å². The Hall–Kier alpha value is -1.66. The van der Waals surface area contributed by atoms with Crippen molar-refractivity contribution in [2.45, 2.75) is 5.75 Å². The molecule has 4 nitrogen and oxygen atoms in total. The molecule has 2 rings (SSSR count). The average molecular weight is 326 g/mol. The molecule has 1 amide bonds. The van der Waals surface area contributed by atoms with E-state index >= 15 is 0 Å². The third-order valence-electron chi connectivity index (χ3n) is 2.63. The summed E-state index contributed by atoms with van der Waals surface area (Å²) >= 11 is 7.37. The van der Waals surface area contributed by atoms with Crippen LogP contribution in [0.1, 0.15) is 16.1 Å². The van der Waals surface area contributed by atoms with Crippen molar-refractivity contribution >= 4 is 29.3 Å². The zero-order valence-electron chi connectivity index (χ0n) is 11.1. The molecule has 21 heavy (non-hydrogen) atoms. The van der Waals surface area contributed by atoms with E-state index in [4.69, 9.17) is 11.6 Å². The summed E-state index contributed by atoms with van der Waals surface area (Å²) in [5.74, 6) is 0.690. The summed E-state index contributed by atoms with van der Waals surface area (Å²) in [6.07, 6.45) is 2.64. The summed E-state index contributed by atoms with van der Waals surface area (Å²) in [6, 6.07) is 6.66. The van der Waals surface area contributed by atoms with Gasteiger partial charge in [0.05, 0.1) is 5.02 Å². The number of hydrogen-bond acceptors (Lipinski definition) is 4. The normalized spacial score (nSPS) is 10.4. The van der Waals surface area contributed by atoms with Gasteiger partial charge in [0.2, 0.25) is 0 Å². The number of amides is 1. The Balaban J connectivity index is 1.72. The predicted molar refractivity (Wildman–Crippen MR) is 81.9 cm³/mol. The molecule has 1 heterocycles. The molecule has 110 valence electrons. The monoisotopic (exact) mass is 325 g/mol. The molecule has 0 unspecified atom stereocenters. The fraction of sp³-hybridized carbons (Fsp3) is 0.214. The van der Waals surface area contributed by atoms with Crippen molar-refractivity contribution in [1.82, 2.24) is 15.3 Å². The van der Waals surface area contributed by atoms with E-state index < -0.39 is 0 Å². The summed E-state index contributed by atoms with van der Waals surface area (Å²) in [4.78, 5) is 19.3. The lowest BCUT2D eigenvalue weighted by Crippen LogP contribution is -2.27. The van der Waals surface area contributed by atoms with Gasteiger partial charge in [-0.3, -0.25) is 4.79 Å². The first-order valence-electron chi connectivity index (χ1n) is 6.23. The number of carbonyl (C=O) groups excluding carboxylic acids is 1. The van der Waals surface area contributed by atoms with Gasteiger partial charge in [0.25, 0.3) is 5.91 Å². The lowest BCUT2D eigenvalue weighted by atomic mass is 10.2. The van der Waals surface area contributed by atoms with E-state index in [1.165, 1.54) is 18.6 Å². The van der Waals surface area contributed by atoms with Crippen LogP contribution in [0.25, 0.3) is 0 Å². The molecule has 0 aliphatic rings. The minimum atomic E-state index is -0.339. The summed E-state index contributed by atoms with van der Waals surface area (Å²) in [7, 11) is 0. The number of nitrogens with zero attached hydrogens (tertiary/aromatic N) is 2. The van der Waals surface area contributed by atoms with Crippen LogP contribution in [0.15, 0.2) is 36.8 Å². The Bertz CT molecular complexity index is 627. The van der Waals surface area contributed by atoms with E-state index in [1.54, 1.807) is 30.0 Å². The second-order valence-corrected chi connectivity index (χ2v) is 5.63. The van der Waals surface area contributed by atoms with Crippen LogP contribution < -0.4 is 5.32 Å². The number of carbonyl (C=O) groups is 1. The SMILES string of the molecule is O=C(NCCSCc1ccccc1F)c1ncncc1Cl. The van der Waals surface area contributed by atoms with Crippen LogP contribution in [-0.2, 0) is 5.75 Å². The van der Waals surface area contributed by atoms with E-state index in [1.807, 2.05) is 0 Å². The maximum Gasteiger partial charge on any atom is 0.271 e. The first-order chi connectivity index (χ1) is 10.2. The molecular formula is C14H13ClFN3OS. The third kappa shape index (κ3) is 4.68.